The number of fused-ring (bicyclic) bond motifs is 1. The fourth-order valence-electron chi connectivity index (χ4n) is 1.00. The monoisotopic (exact) mass is 135 g/mol. The molecule has 0 atom stereocenters. The van der Waals surface area contributed by atoms with Gasteiger partial charge in [-0.25, -0.2) is 0 Å². The van der Waals surface area contributed by atoms with Gasteiger partial charge in [-0.15, -0.1) is 4.91 Å². The smallest absolute Gasteiger partial charge is 0.184 e. The van der Waals surface area contributed by atoms with Crippen LogP contribution in [0, 0.1) is 4.91 Å². The van der Waals surface area contributed by atoms with E-state index in [-0.39, 0.29) is 0 Å². The molecule has 2 aromatic heterocycles. The molecule has 2 N–H and O–H groups in total. The molecule has 10 heavy (non-hydrogen) atoms. The molecule has 4 nitrogen and oxygen atoms in total. The molecule has 0 aliphatic carbocycles. The number of nitrogens with zero attached hydrogens (tertiary/aromatic N) is 1. The normalized spacial score (nSPS) is 10.4. The van der Waals surface area contributed by atoms with Crippen LogP contribution in [-0.4, -0.2) is 9.97 Å². The topological polar surface area (TPSA) is 61.0 Å². The average molecular weight is 135 g/mol. The quantitative estimate of drug-likeness (QED) is 0.576. The van der Waals surface area contributed by atoms with E-state index in [1.54, 1.807) is 12.4 Å². The molecule has 0 aliphatic heterocycles. The fourth-order valence-corrected chi connectivity index (χ4v) is 1.00. The van der Waals surface area contributed by atoms with Crippen LogP contribution in [0.25, 0.3) is 10.9 Å². The van der Waals surface area contributed by atoms with Gasteiger partial charge in [0.1, 0.15) is 0 Å². The van der Waals surface area contributed by atoms with Crippen LogP contribution >= 0.6 is 0 Å². The van der Waals surface area contributed by atoms with Crippen molar-refractivity contribution in [3.8, 4) is 0 Å². The van der Waals surface area contributed by atoms with Crippen molar-refractivity contribution in [1.29, 1.82) is 0 Å². The SMILES string of the molecule is O=Nc1[nH]cc2[nH]ccc12. The molecule has 0 bridgehead atoms. The van der Waals surface area contributed by atoms with Crippen LogP contribution in [-0.2, 0) is 0 Å². The molecule has 0 aromatic carbocycles. The Balaban J connectivity index is 2.88. The summed E-state index contributed by atoms with van der Waals surface area (Å²) in [5.74, 6) is 0.385. The Labute approximate surface area is 56.2 Å². The van der Waals surface area contributed by atoms with E-state index < -0.39 is 0 Å². The number of H-pyrrole nitrogens is 2. The number of aromatic nitrogens is 2. The van der Waals surface area contributed by atoms with Gasteiger partial charge in [0.05, 0.1) is 5.52 Å². The molecule has 0 amide bonds. The predicted octanol–water partition coefficient (Wildman–Crippen LogP) is 1.89. The summed E-state index contributed by atoms with van der Waals surface area (Å²) >= 11 is 0. The number of aromatic amines is 2. The van der Waals surface area contributed by atoms with E-state index in [1.165, 1.54) is 0 Å². The first-order valence-electron chi connectivity index (χ1n) is 2.89. The van der Waals surface area contributed by atoms with Gasteiger partial charge in [-0.05, 0) is 11.2 Å². The van der Waals surface area contributed by atoms with Crippen molar-refractivity contribution >= 4 is 16.7 Å². The first-order chi connectivity index (χ1) is 4.92. The zero-order valence-corrected chi connectivity index (χ0v) is 5.09. The van der Waals surface area contributed by atoms with Gasteiger partial charge in [-0.1, -0.05) is 0 Å². The Morgan fingerprint density at radius 3 is 3.10 bits per heavy atom. The lowest BCUT2D eigenvalue weighted by molar-refractivity contribution is 1.33. The Kier molecular flexibility index (Phi) is 0.887. The van der Waals surface area contributed by atoms with Crippen LogP contribution in [0.3, 0.4) is 0 Å². The summed E-state index contributed by atoms with van der Waals surface area (Å²) in [5.41, 5.74) is 0.912. The summed E-state index contributed by atoms with van der Waals surface area (Å²) in [7, 11) is 0. The van der Waals surface area contributed by atoms with Crippen molar-refractivity contribution in [2.75, 3.05) is 0 Å². The Bertz CT molecular complexity index is 360. The molecule has 0 unspecified atom stereocenters. The third-order valence-electron chi connectivity index (χ3n) is 1.48. The van der Waals surface area contributed by atoms with Gasteiger partial charge < -0.3 is 9.97 Å². The van der Waals surface area contributed by atoms with E-state index in [9.17, 15) is 4.91 Å². The van der Waals surface area contributed by atoms with Crippen molar-refractivity contribution in [2.24, 2.45) is 5.18 Å². The van der Waals surface area contributed by atoms with Crippen LogP contribution in [0.15, 0.2) is 23.6 Å². The first-order valence-corrected chi connectivity index (χ1v) is 2.89. The zero-order valence-electron chi connectivity index (χ0n) is 5.09. The van der Waals surface area contributed by atoms with Gasteiger partial charge in [-0.2, -0.15) is 0 Å². The minimum absolute atomic E-state index is 0.385. The lowest BCUT2D eigenvalue weighted by Gasteiger charge is -1.75. The van der Waals surface area contributed by atoms with Crippen molar-refractivity contribution in [1.82, 2.24) is 9.97 Å². The van der Waals surface area contributed by atoms with E-state index in [0.29, 0.717) is 5.82 Å². The van der Waals surface area contributed by atoms with Crippen LogP contribution in [0.1, 0.15) is 0 Å². The Hall–Kier alpha value is -1.58. The van der Waals surface area contributed by atoms with E-state index >= 15 is 0 Å². The number of rotatable bonds is 1. The van der Waals surface area contributed by atoms with Crippen LogP contribution < -0.4 is 0 Å². The summed E-state index contributed by atoms with van der Waals surface area (Å²) in [4.78, 5) is 15.8. The molecule has 0 radical (unpaired) electrons. The molecule has 2 rings (SSSR count). The fraction of sp³-hybridized carbons (Fsp3) is 0. The highest BCUT2D eigenvalue weighted by atomic mass is 16.3. The summed E-state index contributed by atoms with van der Waals surface area (Å²) in [5, 5.41) is 3.65. The summed E-state index contributed by atoms with van der Waals surface area (Å²) in [6.45, 7) is 0. The summed E-state index contributed by atoms with van der Waals surface area (Å²) in [6.07, 6.45) is 3.49. The van der Waals surface area contributed by atoms with Crippen molar-refractivity contribution < 1.29 is 0 Å². The molecular formula is C6H5N3O. The van der Waals surface area contributed by atoms with Crippen LogP contribution in [0.2, 0.25) is 0 Å². The Morgan fingerprint density at radius 2 is 2.30 bits per heavy atom. The average Bonchev–Trinajstić information content (AvgIpc) is 2.44. The maximum atomic E-state index is 10.1. The van der Waals surface area contributed by atoms with Gasteiger partial charge in [0.2, 0.25) is 0 Å². The van der Waals surface area contributed by atoms with Crippen LogP contribution in [0.5, 0.6) is 0 Å². The highest BCUT2D eigenvalue weighted by Crippen LogP contribution is 2.22. The van der Waals surface area contributed by atoms with Gasteiger partial charge in [0, 0.05) is 17.8 Å². The van der Waals surface area contributed by atoms with Crippen molar-refractivity contribution in [2.45, 2.75) is 0 Å². The number of hydrogen-bond donors (Lipinski definition) is 2. The van der Waals surface area contributed by atoms with Crippen molar-refractivity contribution in [3.63, 3.8) is 0 Å². The second kappa shape index (κ2) is 1.70. The molecule has 4 heteroatoms. The van der Waals surface area contributed by atoms with E-state index in [0.717, 1.165) is 10.9 Å². The molecule has 0 spiro atoms. The molecule has 0 aliphatic rings. The molecule has 50 valence electrons. The second-order valence-corrected chi connectivity index (χ2v) is 2.03. The zero-order chi connectivity index (χ0) is 6.97. The molecule has 0 fully saturated rings. The highest BCUT2D eigenvalue weighted by molar-refractivity contribution is 5.89. The first kappa shape index (κ1) is 5.22. The minimum atomic E-state index is 0.385. The summed E-state index contributed by atoms with van der Waals surface area (Å²) < 4.78 is 0. The van der Waals surface area contributed by atoms with Crippen LogP contribution in [0.4, 0.5) is 5.82 Å². The molecular weight excluding hydrogens is 130 g/mol. The lowest BCUT2D eigenvalue weighted by atomic mass is 10.4. The van der Waals surface area contributed by atoms with Gasteiger partial charge in [-0.3, -0.25) is 0 Å². The van der Waals surface area contributed by atoms with Gasteiger partial charge in [0.15, 0.2) is 5.82 Å². The maximum absolute atomic E-state index is 10.1. The molecule has 2 aromatic rings. The Morgan fingerprint density at radius 1 is 1.40 bits per heavy atom. The standard InChI is InChI=1S/C6H5N3O/c10-9-6-4-1-2-7-5(4)3-8-6/h1-3,7-8H. The third kappa shape index (κ3) is 0.500. The van der Waals surface area contributed by atoms with E-state index in [4.69, 9.17) is 0 Å². The molecule has 0 saturated carbocycles. The number of hydrogen-bond acceptors (Lipinski definition) is 2. The number of nitrogens with one attached hydrogen (secondary N) is 2. The number of nitroso groups, excluding NO2 is 1. The van der Waals surface area contributed by atoms with E-state index in [2.05, 4.69) is 15.1 Å². The summed E-state index contributed by atoms with van der Waals surface area (Å²) in [6, 6.07) is 1.81. The highest BCUT2D eigenvalue weighted by Gasteiger charge is 2.01. The maximum Gasteiger partial charge on any atom is 0.184 e. The predicted molar refractivity (Wildman–Crippen MR) is 38.1 cm³/mol. The largest absolute Gasteiger partial charge is 0.360 e. The van der Waals surface area contributed by atoms with Gasteiger partial charge >= 0.3 is 0 Å². The lowest BCUT2D eigenvalue weighted by Crippen LogP contribution is -1.56. The minimum Gasteiger partial charge on any atom is -0.360 e. The second-order valence-electron chi connectivity index (χ2n) is 2.03. The third-order valence-corrected chi connectivity index (χ3v) is 1.48. The molecule has 0 saturated heterocycles. The van der Waals surface area contributed by atoms with Crippen molar-refractivity contribution in [3.05, 3.63) is 23.4 Å². The molecule has 2 heterocycles. The van der Waals surface area contributed by atoms with Gasteiger partial charge in [0.25, 0.3) is 0 Å². The van der Waals surface area contributed by atoms with E-state index in [1.807, 2.05) is 6.07 Å².